The predicted octanol–water partition coefficient (Wildman–Crippen LogP) is 5.22. The van der Waals surface area contributed by atoms with Crippen molar-refractivity contribution in [3.8, 4) is 5.75 Å². The highest BCUT2D eigenvalue weighted by Crippen LogP contribution is 2.43. The van der Waals surface area contributed by atoms with Crippen LogP contribution in [0.4, 0.5) is 0 Å². The van der Waals surface area contributed by atoms with Crippen molar-refractivity contribution in [3.63, 3.8) is 0 Å². The fraction of sp³-hybridized carbons (Fsp3) is 0.308. The average molecular weight is 485 g/mol. The van der Waals surface area contributed by atoms with Crippen molar-refractivity contribution in [2.45, 2.75) is 51.0 Å². The number of carbonyl (C=O) groups is 2. The second kappa shape index (κ2) is 10.3. The molecule has 0 aromatic heterocycles. The van der Waals surface area contributed by atoms with E-state index in [0.717, 1.165) is 16.7 Å². The van der Waals surface area contributed by atoms with Crippen molar-refractivity contribution < 1.29 is 31.7 Å². The van der Waals surface area contributed by atoms with Crippen molar-refractivity contribution in [1.82, 2.24) is 0 Å². The average Bonchev–Trinajstić information content (AvgIpc) is 3.14. The van der Waals surface area contributed by atoms with E-state index in [0.29, 0.717) is 24.0 Å². The van der Waals surface area contributed by atoms with E-state index in [4.69, 9.17) is 8.92 Å². The number of hydrogen-bond donors (Lipinski definition) is 0. The van der Waals surface area contributed by atoms with Crippen LogP contribution in [0.2, 0.25) is 0 Å². The summed E-state index contributed by atoms with van der Waals surface area (Å²) in [5.74, 6) is -1.03. The van der Waals surface area contributed by atoms with Crippen LogP contribution in [0.1, 0.15) is 64.9 Å². The highest BCUT2D eigenvalue weighted by atomic mass is 32.2. The number of methoxy groups -OCH3 is 1. The lowest BCUT2D eigenvalue weighted by Gasteiger charge is -2.15. The highest BCUT2D eigenvalue weighted by Gasteiger charge is 2.37. The maximum atomic E-state index is 12.9. The third-order valence-corrected chi connectivity index (χ3v) is 7.02. The minimum atomic E-state index is -4.17. The Hall–Kier alpha value is -3.39. The molecule has 8 heteroatoms. The van der Waals surface area contributed by atoms with Gasteiger partial charge in [-0.1, -0.05) is 42.0 Å². The first kappa shape index (κ1) is 25.2. The second-order valence-corrected chi connectivity index (χ2v) is 9.73. The van der Waals surface area contributed by atoms with Gasteiger partial charge in [0, 0.05) is 18.4 Å². The largest absolute Gasteiger partial charge is 0.469 e. The number of aryl methyl sites for hydroxylation is 1. The van der Waals surface area contributed by atoms with Crippen LogP contribution < -0.4 is 4.18 Å². The molecule has 3 rings (SSSR count). The Morgan fingerprint density at radius 1 is 1.18 bits per heavy atom. The molecule has 0 spiro atoms. The standard InChI is InChI=1S/C26H28O7S/c1-6-19-15-22(33-34(29,30)20-11-7-16(2)8-12-20)25-24(18(19)4)21(32-26(25)28)13-9-17(3)10-14-23(27)31-5/h6-9,11-12,15,21H,1,10,13-14H2,2-5H3. The van der Waals surface area contributed by atoms with Gasteiger partial charge < -0.3 is 13.7 Å². The molecular formula is C26H28O7S. The fourth-order valence-corrected chi connectivity index (χ4v) is 4.72. The van der Waals surface area contributed by atoms with Crippen molar-refractivity contribution >= 4 is 28.1 Å². The Bertz CT molecular complexity index is 1260. The molecule has 0 saturated heterocycles. The van der Waals surface area contributed by atoms with Gasteiger partial charge in [-0.15, -0.1) is 0 Å². The molecular weight excluding hydrogens is 456 g/mol. The molecule has 1 aliphatic rings. The Morgan fingerprint density at radius 2 is 1.85 bits per heavy atom. The molecule has 0 bridgehead atoms. The zero-order valence-electron chi connectivity index (χ0n) is 19.7. The summed E-state index contributed by atoms with van der Waals surface area (Å²) >= 11 is 0. The topological polar surface area (TPSA) is 96.0 Å². The summed E-state index contributed by atoms with van der Waals surface area (Å²) < 4.78 is 41.5. The van der Waals surface area contributed by atoms with Crippen LogP contribution in [0.25, 0.3) is 6.08 Å². The Labute approximate surface area is 200 Å². The summed E-state index contributed by atoms with van der Waals surface area (Å²) in [4.78, 5) is 24.2. The lowest BCUT2D eigenvalue weighted by molar-refractivity contribution is -0.140. The number of carbonyl (C=O) groups excluding carboxylic acids is 2. The second-order valence-electron chi connectivity index (χ2n) is 8.19. The number of allylic oxidation sites excluding steroid dienone is 1. The number of hydrogen-bond acceptors (Lipinski definition) is 7. The van der Waals surface area contributed by atoms with Gasteiger partial charge in [0.25, 0.3) is 0 Å². The van der Waals surface area contributed by atoms with Crippen LogP contribution in [0.3, 0.4) is 0 Å². The van der Waals surface area contributed by atoms with Crippen molar-refractivity contribution in [3.05, 3.63) is 76.4 Å². The van der Waals surface area contributed by atoms with Crippen LogP contribution in [0, 0.1) is 13.8 Å². The molecule has 0 aliphatic carbocycles. The van der Waals surface area contributed by atoms with Gasteiger partial charge in [0.05, 0.1) is 7.11 Å². The van der Waals surface area contributed by atoms with Gasteiger partial charge in [0.1, 0.15) is 16.6 Å². The van der Waals surface area contributed by atoms with Crippen molar-refractivity contribution in [2.75, 3.05) is 7.11 Å². The molecule has 1 unspecified atom stereocenters. The summed E-state index contributed by atoms with van der Waals surface area (Å²) in [6, 6.07) is 7.75. The van der Waals surface area contributed by atoms with Crippen LogP contribution in [0.15, 0.2) is 53.5 Å². The van der Waals surface area contributed by atoms with E-state index in [-0.39, 0.29) is 28.6 Å². The lowest BCUT2D eigenvalue weighted by Crippen LogP contribution is -2.13. The number of rotatable bonds is 9. The van der Waals surface area contributed by atoms with Crippen LogP contribution in [-0.2, 0) is 24.4 Å². The highest BCUT2D eigenvalue weighted by molar-refractivity contribution is 7.87. The minimum absolute atomic E-state index is 0.0142. The molecule has 0 N–H and O–H groups in total. The van der Waals surface area contributed by atoms with Crippen LogP contribution in [0.5, 0.6) is 5.75 Å². The number of benzene rings is 2. The number of cyclic esters (lactones) is 1. The normalized spacial score (nSPS) is 15.5. The molecule has 1 aliphatic heterocycles. The zero-order valence-corrected chi connectivity index (χ0v) is 20.5. The summed E-state index contributed by atoms with van der Waals surface area (Å²) in [6.07, 6.45) is 4.03. The van der Waals surface area contributed by atoms with E-state index >= 15 is 0 Å². The monoisotopic (exact) mass is 484 g/mol. The van der Waals surface area contributed by atoms with Crippen LogP contribution >= 0.6 is 0 Å². The number of ether oxygens (including phenoxy) is 2. The first-order valence-corrected chi connectivity index (χ1v) is 12.2. The molecule has 0 amide bonds. The zero-order chi connectivity index (χ0) is 25.0. The maximum Gasteiger partial charge on any atom is 0.343 e. The van der Waals surface area contributed by atoms with E-state index in [2.05, 4.69) is 11.3 Å². The van der Waals surface area contributed by atoms with E-state index in [9.17, 15) is 18.0 Å². The molecule has 7 nitrogen and oxygen atoms in total. The van der Waals surface area contributed by atoms with Gasteiger partial charge in [-0.3, -0.25) is 4.79 Å². The Balaban J connectivity index is 1.96. The van der Waals surface area contributed by atoms with Crippen molar-refractivity contribution in [1.29, 1.82) is 0 Å². The predicted molar refractivity (Wildman–Crippen MR) is 128 cm³/mol. The first-order valence-electron chi connectivity index (χ1n) is 10.8. The maximum absolute atomic E-state index is 12.9. The number of fused-ring (bicyclic) bond motifs is 1. The minimum Gasteiger partial charge on any atom is -0.469 e. The first-order chi connectivity index (χ1) is 16.1. The van der Waals surface area contributed by atoms with E-state index in [1.54, 1.807) is 18.2 Å². The summed E-state index contributed by atoms with van der Waals surface area (Å²) in [6.45, 7) is 9.37. The molecule has 1 atom stereocenters. The Morgan fingerprint density at radius 3 is 2.47 bits per heavy atom. The van der Waals surface area contributed by atoms with E-state index in [1.165, 1.54) is 25.3 Å². The third kappa shape index (κ3) is 5.39. The SMILES string of the molecule is C=Cc1cc(OS(=O)(=O)c2ccc(C)cc2)c2c(c1C)C(CC=C(C)CCC(=O)OC)OC2=O. The Kier molecular flexibility index (Phi) is 7.61. The molecule has 0 radical (unpaired) electrons. The fourth-order valence-electron chi connectivity index (χ4n) is 3.78. The van der Waals surface area contributed by atoms with E-state index in [1.807, 2.05) is 26.8 Å². The third-order valence-electron chi connectivity index (χ3n) is 5.78. The lowest BCUT2D eigenvalue weighted by atomic mass is 9.92. The van der Waals surface area contributed by atoms with Crippen LogP contribution in [-0.4, -0.2) is 27.5 Å². The number of esters is 2. The quantitative estimate of drug-likeness (QED) is 0.274. The summed E-state index contributed by atoms with van der Waals surface area (Å²) in [5, 5.41) is 0. The van der Waals surface area contributed by atoms with Gasteiger partial charge in [-0.25, -0.2) is 4.79 Å². The molecule has 2 aromatic rings. The smallest absolute Gasteiger partial charge is 0.343 e. The summed E-state index contributed by atoms with van der Waals surface area (Å²) in [5.41, 5.74) is 3.94. The molecule has 2 aromatic carbocycles. The van der Waals surface area contributed by atoms with E-state index < -0.39 is 22.2 Å². The molecule has 1 heterocycles. The van der Waals surface area contributed by atoms with Gasteiger partial charge in [-0.05, 0) is 56.5 Å². The van der Waals surface area contributed by atoms with Gasteiger partial charge >= 0.3 is 22.1 Å². The molecule has 0 fully saturated rings. The summed E-state index contributed by atoms with van der Waals surface area (Å²) in [7, 11) is -2.83. The van der Waals surface area contributed by atoms with Gasteiger partial charge in [0.15, 0.2) is 5.75 Å². The van der Waals surface area contributed by atoms with Gasteiger partial charge in [0.2, 0.25) is 0 Å². The van der Waals surface area contributed by atoms with Gasteiger partial charge in [-0.2, -0.15) is 8.42 Å². The molecule has 34 heavy (non-hydrogen) atoms. The van der Waals surface area contributed by atoms with Crippen molar-refractivity contribution in [2.24, 2.45) is 0 Å². The molecule has 0 saturated carbocycles. The molecule has 180 valence electrons.